The Kier molecular flexibility index (Phi) is 25.2. The minimum absolute atomic E-state index is 0.285. The molecular formula is C28H58N2O4P+. The second-order valence-electron chi connectivity index (χ2n) is 10.9. The van der Waals surface area contributed by atoms with E-state index in [9.17, 15) is 0 Å². The van der Waals surface area contributed by atoms with E-state index in [0.29, 0.717) is 32.8 Å². The highest BCUT2D eigenvalue weighted by Gasteiger charge is 2.17. The van der Waals surface area contributed by atoms with Crippen molar-refractivity contribution in [2.75, 3.05) is 60.7 Å². The van der Waals surface area contributed by atoms with Crippen molar-refractivity contribution in [1.82, 2.24) is 0 Å². The normalized spacial score (nSPS) is 13.6. The van der Waals surface area contributed by atoms with Gasteiger partial charge in [-0.25, -0.2) is 0 Å². The second kappa shape index (κ2) is 25.4. The lowest BCUT2D eigenvalue weighted by Crippen LogP contribution is -2.37. The monoisotopic (exact) mass is 517 g/mol. The summed E-state index contributed by atoms with van der Waals surface area (Å²) in [6, 6.07) is 2.09. The SMILES string of the molecule is CCCCCCCCCCCCCCCCOCC(C)COP(OCCC#N)OCC[N+](C)(C)C. The molecule has 2 atom stereocenters. The van der Waals surface area contributed by atoms with Gasteiger partial charge >= 0.3 is 8.60 Å². The maximum absolute atomic E-state index is 8.73. The lowest BCUT2D eigenvalue weighted by molar-refractivity contribution is -0.870. The smallest absolute Gasteiger partial charge is 0.332 e. The average molecular weight is 518 g/mol. The van der Waals surface area contributed by atoms with Gasteiger partial charge in [-0.1, -0.05) is 97.3 Å². The zero-order valence-electron chi connectivity index (χ0n) is 23.9. The molecule has 0 aliphatic rings. The summed E-state index contributed by atoms with van der Waals surface area (Å²) >= 11 is 0. The van der Waals surface area contributed by atoms with Crippen LogP contribution in [0.2, 0.25) is 0 Å². The Labute approximate surface area is 219 Å². The van der Waals surface area contributed by atoms with Gasteiger partial charge in [-0.3, -0.25) is 0 Å². The molecule has 0 aromatic heterocycles. The Morgan fingerprint density at radius 1 is 0.686 bits per heavy atom. The summed E-state index contributed by atoms with van der Waals surface area (Å²) in [6.07, 6.45) is 19.6. The van der Waals surface area contributed by atoms with Gasteiger partial charge in [0.1, 0.15) is 13.2 Å². The molecule has 2 unspecified atom stereocenters. The van der Waals surface area contributed by atoms with E-state index in [1.165, 1.54) is 83.5 Å². The Bertz CT molecular complexity index is 483. The van der Waals surface area contributed by atoms with Gasteiger partial charge in [0.15, 0.2) is 0 Å². The Morgan fingerprint density at radius 3 is 1.71 bits per heavy atom. The van der Waals surface area contributed by atoms with Crippen LogP contribution < -0.4 is 0 Å². The maximum Gasteiger partial charge on any atom is 0.332 e. The highest BCUT2D eigenvalue weighted by atomic mass is 31.2. The van der Waals surface area contributed by atoms with Crippen molar-refractivity contribution in [3.8, 4) is 6.07 Å². The molecule has 0 spiro atoms. The van der Waals surface area contributed by atoms with Gasteiger partial charge in [0.2, 0.25) is 0 Å². The van der Waals surface area contributed by atoms with E-state index in [1.807, 2.05) is 0 Å². The predicted molar refractivity (Wildman–Crippen MR) is 148 cm³/mol. The molecule has 0 aromatic carbocycles. The number of likely N-dealkylation sites (N-methyl/N-ethyl adjacent to an activating group) is 1. The fourth-order valence-corrected chi connectivity index (χ4v) is 4.66. The van der Waals surface area contributed by atoms with Crippen molar-refractivity contribution in [3.05, 3.63) is 0 Å². The molecule has 0 saturated heterocycles. The zero-order chi connectivity index (χ0) is 26.0. The van der Waals surface area contributed by atoms with Gasteiger partial charge in [-0.15, -0.1) is 0 Å². The lowest BCUT2D eigenvalue weighted by atomic mass is 10.0. The van der Waals surface area contributed by atoms with Gasteiger partial charge < -0.3 is 22.8 Å². The number of hydrogen-bond acceptors (Lipinski definition) is 5. The first kappa shape index (κ1) is 34.7. The third-order valence-corrected chi connectivity index (χ3v) is 7.03. The molecular weight excluding hydrogens is 459 g/mol. The van der Waals surface area contributed by atoms with Crippen LogP contribution in [0.1, 0.15) is 110 Å². The van der Waals surface area contributed by atoms with Gasteiger partial charge in [-0.05, 0) is 6.42 Å². The molecule has 0 saturated carbocycles. The molecule has 208 valence electrons. The molecule has 0 fully saturated rings. The van der Waals surface area contributed by atoms with E-state index in [1.54, 1.807) is 0 Å². The molecule has 7 heteroatoms. The van der Waals surface area contributed by atoms with Gasteiger partial charge in [0.25, 0.3) is 0 Å². The third-order valence-electron chi connectivity index (χ3n) is 5.88. The molecule has 0 aliphatic heterocycles. The molecule has 0 aromatic rings. The molecule has 0 radical (unpaired) electrons. The standard InChI is InChI=1S/C28H58N2O4P/c1-6-7-8-9-10-11-12-13-14-15-16-17-18-19-23-31-26-28(2)27-34-35(32-24-20-21-29)33-25-22-30(3,4)5/h28H,6-20,22-27H2,1-5H3/q+1. The van der Waals surface area contributed by atoms with Crippen LogP contribution in [0.4, 0.5) is 0 Å². The summed E-state index contributed by atoms with van der Waals surface area (Å²) in [5.74, 6) is 0.285. The first-order chi connectivity index (χ1) is 16.9. The maximum atomic E-state index is 8.73. The van der Waals surface area contributed by atoms with Crippen LogP contribution in [-0.2, 0) is 18.3 Å². The van der Waals surface area contributed by atoms with E-state index in [0.717, 1.165) is 24.1 Å². The highest BCUT2D eigenvalue weighted by molar-refractivity contribution is 7.41. The van der Waals surface area contributed by atoms with Gasteiger partial charge in [-0.2, -0.15) is 5.26 Å². The first-order valence-corrected chi connectivity index (χ1v) is 15.4. The number of nitrogens with zero attached hydrogens (tertiary/aromatic N) is 2. The average Bonchev–Trinajstić information content (AvgIpc) is 2.81. The van der Waals surface area contributed by atoms with Crippen LogP contribution in [0.3, 0.4) is 0 Å². The van der Waals surface area contributed by atoms with Gasteiger partial charge in [0.05, 0.1) is 53.5 Å². The zero-order valence-corrected chi connectivity index (χ0v) is 24.8. The van der Waals surface area contributed by atoms with Crippen LogP contribution in [0.5, 0.6) is 0 Å². The van der Waals surface area contributed by atoms with Crippen LogP contribution in [0, 0.1) is 17.2 Å². The van der Waals surface area contributed by atoms with Crippen LogP contribution in [0.25, 0.3) is 0 Å². The van der Waals surface area contributed by atoms with Crippen molar-refractivity contribution < 1.29 is 22.8 Å². The molecule has 0 heterocycles. The predicted octanol–water partition coefficient (Wildman–Crippen LogP) is 8.02. The highest BCUT2D eigenvalue weighted by Crippen LogP contribution is 2.40. The van der Waals surface area contributed by atoms with Crippen molar-refractivity contribution in [2.24, 2.45) is 5.92 Å². The minimum Gasteiger partial charge on any atom is -0.381 e. The van der Waals surface area contributed by atoms with E-state index >= 15 is 0 Å². The topological polar surface area (TPSA) is 60.7 Å². The molecule has 0 N–H and O–H groups in total. The van der Waals surface area contributed by atoms with E-state index in [2.05, 4.69) is 41.1 Å². The fourth-order valence-electron chi connectivity index (χ4n) is 3.59. The Morgan fingerprint density at radius 2 is 1.20 bits per heavy atom. The molecule has 6 nitrogen and oxygen atoms in total. The summed E-state index contributed by atoms with van der Waals surface area (Å²) in [7, 11) is 4.96. The van der Waals surface area contributed by atoms with Crippen molar-refractivity contribution in [1.29, 1.82) is 5.26 Å². The summed E-state index contributed by atoms with van der Waals surface area (Å²) in [6.45, 7) is 8.27. The number of ether oxygens (including phenoxy) is 1. The number of quaternary nitrogens is 1. The van der Waals surface area contributed by atoms with Crippen molar-refractivity contribution in [2.45, 2.75) is 110 Å². The summed E-state index contributed by atoms with van der Waals surface area (Å²) in [4.78, 5) is 0. The number of hydrogen-bond donors (Lipinski definition) is 0. The Hall–Kier alpha value is -0.280. The Balaban J connectivity index is 3.60. The number of rotatable bonds is 27. The second-order valence-corrected chi connectivity index (χ2v) is 12.1. The van der Waals surface area contributed by atoms with Crippen LogP contribution >= 0.6 is 8.60 Å². The first-order valence-electron chi connectivity index (χ1n) is 14.3. The molecule has 0 rings (SSSR count). The van der Waals surface area contributed by atoms with Crippen molar-refractivity contribution in [3.63, 3.8) is 0 Å². The quantitative estimate of drug-likeness (QED) is 0.0627. The van der Waals surface area contributed by atoms with E-state index < -0.39 is 8.60 Å². The van der Waals surface area contributed by atoms with Crippen molar-refractivity contribution >= 4 is 8.60 Å². The molecule has 0 aliphatic carbocycles. The fraction of sp³-hybridized carbons (Fsp3) is 0.964. The molecule has 0 bridgehead atoms. The number of unbranched alkanes of at least 4 members (excludes halogenated alkanes) is 13. The largest absolute Gasteiger partial charge is 0.381 e. The van der Waals surface area contributed by atoms with Gasteiger partial charge in [0, 0.05) is 12.5 Å². The van der Waals surface area contributed by atoms with E-state index in [4.69, 9.17) is 23.6 Å². The van der Waals surface area contributed by atoms with E-state index in [-0.39, 0.29) is 5.92 Å². The lowest BCUT2D eigenvalue weighted by Gasteiger charge is -2.25. The summed E-state index contributed by atoms with van der Waals surface area (Å²) in [5, 5.41) is 8.73. The molecule has 35 heavy (non-hydrogen) atoms. The van der Waals surface area contributed by atoms with Crippen LogP contribution in [0.15, 0.2) is 0 Å². The number of nitriles is 1. The summed E-state index contributed by atoms with van der Waals surface area (Å²) < 4.78 is 24.0. The third kappa shape index (κ3) is 28.1. The molecule has 0 amide bonds. The minimum atomic E-state index is -1.41. The van der Waals surface area contributed by atoms with Crippen LogP contribution in [-0.4, -0.2) is 65.2 Å². The summed E-state index contributed by atoms with van der Waals surface area (Å²) in [5.41, 5.74) is 0.